The Hall–Kier alpha value is -3.42. The van der Waals surface area contributed by atoms with Crippen molar-refractivity contribution in [3.8, 4) is 5.75 Å². The lowest BCUT2D eigenvalue weighted by Crippen LogP contribution is -2.42. The van der Waals surface area contributed by atoms with Gasteiger partial charge < -0.3 is 15.2 Å². The molecule has 0 saturated carbocycles. The minimum atomic E-state index is -0.889. The van der Waals surface area contributed by atoms with Gasteiger partial charge in [0.1, 0.15) is 17.4 Å². The van der Waals surface area contributed by atoms with Crippen LogP contribution in [0.5, 0.6) is 5.75 Å². The lowest BCUT2D eigenvalue weighted by atomic mass is 10.1. The van der Waals surface area contributed by atoms with Gasteiger partial charge in [-0.2, -0.15) is 0 Å². The zero-order valence-corrected chi connectivity index (χ0v) is 20.5. The second-order valence-corrected chi connectivity index (χ2v) is 8.41. The number of carboxylic acid groups (broad SMARTS) is 1. The number of carbonyl (C=O) groups excluding carboxylic acids is 1. The van der Waals surface area contributed by atoms with Crippen molar-refractivity contribution < 1.29 is 28.2 Å². The molecule has 0 aliphatic heterocycles. The van der Waals surface area contributed by atoms with Crippen LogP contribution >= 0.6 is 0 Å². The van der Waals surface area contributed by atoms with Crippen molar-refractivity contribution in [2.45, 2.75) is 52.5 Å². The molecule has 0 spiro atoms. The van der Waals surface area contributed by atoms with E-state index in [-0.39, 0.29) is 18.8 Å². The van der Waals surface area contributed by atoms with E-state index < -0.39 is 35.6 Å². The monoisotopic (exact) mass is 488 g/mol. The van der Waals surface area contributed by atoms with E-state index in [9.17, 15) is 18.4 Å². The van der Waals surface area contributed by atoms with E-state index in [0.29, 0.717) is 17.7 Å². The van der Waals surface area contributed by atoms with Crippen LogP contribution in [0.25, 0.3) is 0 Å². The van der Waals surface area contributed by atoms with E-state index in [1.165, 1.54) is 11.0 Å². The summed E-state index contributed by atoms with van der Waals surface area (Å²) < 4.78 is 33.8. The molecule has 35 heavy (non-hydrogen) atoms. The number of carbonyl (C=O) groups is 2. The number of para-hydroxylation sites is 1. The lowest BCUT2D eigenvalue weighted by molar-refractivity contribution is -0.141. The molecule has 2 atom stereocenters. The topological polar surface area (TPSA) is 78.9 Å². The molecule has 2 N–H and O–H groups in total. The third-order valence-corrected chi connectivity index (χ3v) is 5.58. The van der Waals surface area contributed by atoms with Gasteiger partial charge >= 0.3 is 12.0 Å². The van der Waals surface area contributed by atoms with Gasteiger partial charge in [0.2, 0.25) is 0 Å². The van der Waals surface area contributed by atoms with Gasteiger partial charge in [-0.25, -0.2) is 13.6 Å². The van der Waals surface area contributed by atoms with Crippen LogP contribution in [0.2, 0.25) is 0 Å². The quantitative estimate of drug-likeness (QED) is 0.250. The number of anilines is 1. The van der Waals surface area contributed by atoms with Crippen LogP contribution in [-0.4, -0.2) is 30.3 Å². The van der Waals surface area contributed by atoms with E-state index in [4.69, 9.17) is 9.84 Å². The summed E-state index contributed by atoms with van der Waals surface area (Å²) in [5, 5.41) is 11.9. The van der Waals surface area contributed by atoms with Crippen molar-refractivity contribution in [1.82, 2.24) is 5.32 Å². The standard InChI is InChI=1S/C27H34F2N2O4/c1-4-5-6-7-10-16-31(24-14-13-21(28)18-23(24)29)27(34)30-20(3)22-11-8-9-12-25(22)35-17-15-19(2)26(32)33/h7-14,18-20H,4-6,15-17H2,1-3H3,(H,30,34)(H,32,33). The number of carboxylic acids is 1. The number of hydrogen-bond acceptors (Lipinski definition) is 3. The van der Waals surface area contributed by atoms with Crippen LogP contribution in [-0.2, 0) is 4.79 Å². The number of nitrogens with one attached hydrogen (secondary N) is 1. The Morgan fingerprint density at radius 1 is 1.14 bits per heavy atom. The van der Waals surface area contributed by atoms with Crippen LogP contribution in [0.4, 0.5) is 19.3 Å². The highest BCUT2D eigenvalue weighted by atomic mass is 19.1. The van der Waals surface area contributed by atoms with Gasteiger partial charge in [0, 0.05) is 18.2 Å². The van der Waals surface area contributed by atoms with Gasteiger partial charge in [0.05, 0.1) is 24.3 Å². The number of ether oxygens (including phenoxy) is 1. The number of amides is 2. The minimum absolute atomic E-state index is 0.0246. The Kier molecular flexibility index (Phi) is 11.2. The number of urea groups is 1. The zero-order chi connectivity index (χ0) is 25.8. The molecule has 2 aromatic carbocycles. The number of halogens is 2. The lowest BCUT2D eigenvalue weighted by Gasteiger charge is -2.26. The predicted octanol–water partition coefficient (Wildman–Crippen LogP) is 6.48. The molecule has 2 aromatic rings. The average molecular weight is 489 g/mol. The fourth-order valence-corrected chi connectivity index (χ4v) is 3.39. The highest BCUT2D eigenvalue weighted by molar-refractivity contribution is 5.92. The van der Waals surface area contributed by atoms with Gasteiger partial charge in [0.25, 0.3) is 0 Å². The summed E-state index contributed by atoms with van der Waals surface area (Å²) in [5.74, 6) is -2.45. The molecule has 0 saturated heterocycles. The number of aliphatic carboxylic acids is 1. The van der Waals surface area contributed by atoms with Crippen molar-refractivity contribution in [2.75, 3.05) is 18.1 Å². The van der Waals surface area contributed by atoms with E-state index >= 15 is 0 Å². The van der Waals surface area contributed by atoms with E-state index in [0.717, 1.165) is 31.4 Å². The molecular weight excluding hydrogens is 454 g/mol. The summed E-state index contributed by atoms with van der Waals surface area (Å²) in [7, 11) is 0. The number of hydrogen-bond donors (Lipinski definition) is 2. The molecular formula is C27H34F2N2O4. The number of unbranched alkanes of at least 4 members (excludes halogenated alkanes) is 2. The van der Waals surface area contributed by atoms with Crippen molar-refractivity contribution in [3.05, 3.63) is 71.8 Å². The molecule has 0 radical (unpaired) electrons. The smallest absolute Gasteiger partial charge is 0.322 e. The summed E-state index contributed by atoms with van der Waals surface area (Å²) in [5.41, 5.74) is 0.672. The fourth-order valence-electron chi connectivity index (χ4n) is 3.39. The normalized spacial score (nSPS) is 12.8. The van der Waals surface area contributed by atoms with Gasteiger partial charge in [0.15, 0.2) is 0 Å². The molecule has 0 fully saturated rings. The second kappa shape index (κ2) is 14.1. The number of benzene rings is 2. The largest absolute Gasteiger partial charge is 0.493 e. The van der Waals surface area contributed by atoms with E-state index in [2.05, 4.69) is 12.2 Å². The molecule has 0 aliphatic rings. The fraction of sp³-hybridized carbons (Fsp3) is 0.407. The maximum absolute atomic E-state index is 14.5. The van der Waals surface area contributed by atoms with Crippen LogP contribution in [0.15, 0.2) is 54.6 Å². The van der Waals surface area contributed by atoms with Gasteiger partial charge in [-0.15, -0.1) is 0 Å². The average Bonchev–Trinajstić information content (AvgIpc) is 2.82. The van der Waals surface area contributed by atoms with Crippen molar-refractivity contribution in [3.63, 3.8) is 0 Å². The molecule has 6 nitrogen and oxygen atoms in total. The molecule has 0 aliphatic carbocycles. The molecule has 0 aromatic heterocycles. The first-order valence-corrected chi connectivity index (χ1v) is 11.9. The van der Waals surface area contributed by atoms with Crippen LogP contribution in [0.1, 0.15) is 58.1 Å². The Bertz CT molecular complexity index is 1010. The molecule has 190 valence electrons. The van der Waals surface area contributed by atoms with Crippen molar-refractivity contribution >= 4 is 17.7 Å². The minimum Gasteiger partial charge on any atom is -0.493 e. The molecule has 2 rings (SSSR count). The van der Waals surface area contributed by atoms with Gasteiger partial charge in [-0.3, -0.25) is 9.69 Å². The third-order valence-electron chi connectivity index (χ3n) is 5.58. The predicted molar refractivity (Wildman–Crippen MR) is 133 cm³/mol. The highest BCUT2D eigenvalue weighted by Crippen LogP contribution is 2.27. The Balaban J connectivity index is 2.16. The highest BCUT2D eigenvalue weighted by Gasteiger charge is 2.22. The summed E-state index contributed by atoms with van der Waals surface area (Å²) in [6.07, 6.45) is 6.97. The maximum atomic E-state index is 14.5. The van der Waals surface area contributed by atoms with E-state index in [1.54, 1.807) is 44.2 Å². The third kappa shape index (κ3) is 8.70. The maximum Gasteiger partial charge on any atom is 0.322 e. The first-order valence-electron chi connectivity index (χ1n) is 11.9. The van der Waals surface area contributed by atoms with Crippen molar-refractivity contribution in [2.24, 2.45) is 5.92 Å². The Morgan fingerprint density at radius 3 is 2.57 bits per heavy atom. The first kappa shape index (κ1) is 27.8. The molecule has 8 heteroatoms. The van der Waals surface area contributed by atoms with E-state index in [1.807, 2.05) is 6.08 Å². The summed E-state index contributed by atoms with van der Waals surface area (Å²) in [6, 6.07) is 9.21. The Labute approximate surface area is 205 Å². The molecule has 2 unspecified atom stereocenters. The second-order valence-electron chi connectivity index (χ2n) is 8.41. The number of rotatable bonds is 13. The molecule has 0 heterocycles. The number of nitrogens with zero attached hydrogens (tertiary/aromatic N) is 1. The summed E-state index contributed by atoms with van der Waals surface area (Å²) in [6.45, 7) is 5.80. The van der Waals surface area contributed by atoms with Crippen LogP contribution in [0, 0.1) is 17.6 Å². The first-order chi connectivity index (χ1) is 16.7. The summed E-state index contributed by atoms with van der Waals surface area (Å²) >= 11 is 0. The van der Waals surface area contributed by atoms with Gasteiger partial charge in [-0.1, -0.05) is 57.0 Å². The Morgan fingerprint density at radius 2 is 1.89 bits per heavy atom. The summed E-state index contributed by atoms with van der Waals surface area (Å²) in [4.78, 5) is 25.4. The van der Waals surface area contributed by atoms with Gasteiger partial charge in [-0.05, 0) is 38.0 Å². The zero-order valence-electron chi connectivity index (χ0n) is 20.5. The van der Waals surface area contributed by atoms with Crippen LogP contribution in [0.3, 0.4) is 0 Å². The van der Waals surface area contributed by atoms with Crippen LogP contribution < -0.4 is 15.0 Å². The SMILES string of the molecule is CCCCC=CCN(C(=O)NC(C)c1ccccc1OCCC(C)C(=O)O)c1ccc(F)cc1F. The molecule has 2 amide bonds. The van der Waals surface area contributed by atoms with Crippen molar-refractivity contribution in [1.29, 1.82) is 0 Å². The molecule has 0 bridgehead atoms. The number of allylic oxidation sites excluding steroid dienone is 1.